The van der Waals surface area contributed by atoms with E-state index in [1.807, 2.05) is 6.92 Å². The van der Waals surface area contributed by atoms with E-state index in [0.717, 1.165) is 11.3 Å². The molecule has 4 atom stereocenters. The van der Waals surface area contributed by atoms with Gasteiger partial charge < -0.3 is 35.3 Å². The molecular formula is C14H20N2O10S3-2. The molecule has 2 heterocycles. The fourth-order valence-electron chi connectivity index (χ4n) is 2.44. The van der Waals surface area contributed by atoms with Crippen molar-refractivity contribution in [3.63, 3.8) is 0 Å². The SMILES string of the molecule is CCN[C@H]1C[C@H](C)S(=O)(=O)c2sc(S(N)(=O)=O)cc21.O=C([O-])C(O)C(O)C(=O)[O-]. The fourth-order valence-corrected chi connectivity index (χ4v) is 6.86. The molecule has 15 heteroatoms. The number of nitrogens with one attached hydrogen (secondary N) is 1. The number of sulfonamides is 1. The van der Waals surface area contributed by atoms with Crippen molar-refractivity contribution in [1.82, 2.24) is 5.32 Å². The van der Waals surface area contributed by atoms with E-state index in [2.05, 4.69) is 5.32 Å². The molecule has 0 amide bonds. The van der Waals surface area contributed by atoms with Crippen LogP contribution in [0.3, 0.4) is 0 Å². The summed E-state index contributed by atoms with van der Waals surface area (Å²) in [7, 11) is -7.33. The molecule has 0 radical (unpaired) electrons. The van der Waals surface area contributed by atoms with Gasteiger partial charge in [-0.1, -0.05) is 6.92 Å². The van der Waals surface area contributed by atoms with Crippen LogP contribution in [0.15, 0.2) is 14.5 Å². The summed E-state index contributed by atoms with van der Waals surface area (Å²) in [6, 6.07) is 1.23. The maximum absolute atomic E-state index is 12.2. The molecule has 166 valence electrons. The number of carbonyl (C=O) groups excluding carboxylic acids is 2. The average molecular weight is 473 g/mol. The number of hydrogen-bond donors (Lipinski definition) is 4. The van der Waals surface area contributed by atoms with Gasteiger partial charge in [0.05, 0.1) is 17.2 Å². The molecule has 2 unspecified atom stereocenters. The molecule has 2 rings (SSSR count). The summed E-state index contributed by atoms with van der Waals surface area (Å²) < 4.78 is 47.3. The van der Waals surface area contributed by atoms with Crippen molar-refractivity contribution in [1.29, 1.82) is 0 Å². The van der Waals surface area contributed by atoms with Gasteiger partial charge >= 0.3 is 0 Å². The van der Waals surface area contributed by atoms with Crippen LogP contribution in [0.1, 0.15) is 31.9 Å². The molecule has 0 aliphatic carbocycles. The van der Waals surface area contributed by atoms with Gasteiger partial charge in [0.1, 0.15) is 20.6 Å². The first-order valence-corrected chi connectivity index (χ1v) is 12.0. The van der Waals surface area contributed by atoms with Gasteiger partial charge in [-0.25, -0.2) is 22.0 Å². The minimum absolute atomic E-state index is 0.0990. The monoisotopic (exact) mass is 472 g/mol. The highest BCUT2D eigenvalue weighted by Gasteiger charge is 2.39. The van der Waals surface area contributed by atoms with E-state index in [0.29, 0.717) is 18.5 Å². The van der Waals surface area contributed by atoms with Crippen molar-refractivity contribution in [3.8, 4) is 0 Å². The second-order valence-corrected chi connectivity index (χ2v) is 11.5. The van der Waals surface area contributed by atoms with E-state index in [4.69, 9.17) is 15.4 Å². The third-order valence-electron chi connectivity index (χ3n) is 3.95. The third-order valence-corrected chi connectivity index (χ3v) is 9.26. The number of rotatable bonds is 6. The topological polar surface area (TPSA) is 227 Å². The lowest BCUT2D eigenvalue weighted by atomic mass is 10.1. The second-order valence-electron chi connectivity index (χ2n) is 6.08. The number of nitrogens with two attached hydrogens (primary N) is 1. The van der Waals surface area contributed by atoms with Crippen LogP contribution < -0.4 is 20.7 Å². The van der Waals surface area contributed by atoms with Crippen LogP contribution >= 0.6 is 11.3 Å². The first-order chi connectivity index (χ1) is 13.1. The lowest BCUT2D eigenvalue weighted by Crippen LogP contribution is -2.51. The molecule has 1 aromatic rings. The fraction of sp³-hybridized carbons (Fsp3) is 0.571. The molecule has 1 aliphatic heterocycles. The highest BCUT2D eigenvalue weighted by molar-refractivity contribution is 7.95. The number of carboxylic acid groups (broad SMARTS) is 2. The summed E-state index contributed by atoms with van der Waals surface area (Å²) in [6.45, 7) is 4.23. The Bertz CT molecular complexity index is 952. The smallest absolute Gasteiger partial charge is 0.247 e. The summed E-state index contributed by atoms with van der Waals surface area (Å²) in [5.41, 5.74) is 0.522. The maximum atomic E-state index is 12.2. The summed E-state index contributed by atoms with van der Waals surface area (Å²) >= 11 is 0.742. The van der Waals surface area contributed by atoms with Crippen molar-refractivity contribution in [2.45, 2.75) is 52.2 Å². The Morgan fingerprint density at radius 3 is 2.17 bits per heavy atom. The van der Waals surface area contributed by atoms with E-state index in [1.165, 1.54) is 6.07 Å². The molecule has 0 aromatic carbocycles. The number of aliphatic hydroxyl groups is 2. The number of carbonyl (C=O) groups is 2. The Morgan fingerprint density at radius 2 is 1.79 bits per heavy atom. The highest BCUT2D eigenvalue weighted by atomic mass is 32.3. The largest absolute Gasteiger partial charge is 0.547 e. The molecule has 0 saturated heterocycles. The van der Waals surface area contributed by atoms with Gasteiger partial charge in [-0.05, 0) is 26.0 Å². The van der Waals surface area contributed by atoms with Gasteiger partial charge in [0.15, 0.2) is 9.84 Å². The Labute approximate surface area is 170 Å². The molecular weight excluding hydrogens is 452 g/mol. The van der Waals surface area contributed by atoms with E-state index in [9.17, 15) is 36.6 Å². The quantitative estimate of drug-likeness (QED) is 0.310. The van der Waals surface area contributed by atoms with Crippen molar-refractivity contribution >= 4 is 43.1 Å². The molecule has 0 fully saturated rings. The van der Waals surface area contributed by atoms with Crippen LogP contribution in [0.4, 0.5) is 0 Å². The number of fused-ring (bicyclic) bond motifs is 1. The number of thiophene rings is 1. The Morgan fingerprint density at radius 1 is 1.31 bits per heavy atom. The standard InChI is InChI=1S/C10H16N2O4S3.C4H6O6/c1-3-12-8-4-6(2)18(13,14)10-7(8)5-9(17-10)19(11,15)16;5-1(3(7)8)2(6)4(9)10/h5-6,8,12H,3-4H2,1-2H3,(H2,11,15,16);1-2,5-6H,(H,7,8)(H,9,10)/p-2/t6-,8-;/m0./s1. The van der Waals surface area contributed by atoms with Crippen molar-refractivity contribution in [2.75, 3.05) is 6.54 Å². The Hall–Kier alpha value is -1.62. The zero-order valence-electron chi connectivity index (χ0n) is 15.3. The maximum Gasteiger partial charge on any atom is 0.247 e. The predicted octanol–water partition coefficient (Wildman–Crippen LogP) is -4.18. The molecule has 29 heavy (non-hydrogen) atoms. The minimum atomic E-state index is -3.88. The molecule has 1 aromatic heterocycles. The van der Waals surface area contributed by atoms with Crippen LogP contribution in [-0.4, -0.2) is 63.0 Å². The number of hydrogen-bond acceptors (Lipinski definition) is 12. The molecule has 5 N–H and O–H groups in total. The lowest BCUT2D eigenvalue weighted by molar-refractivity contribution is -0.333. The second kappa shape index (κ2) is 9.46. The number of primary sulfonamides is 1. The summed E-state index contributed by atoms with van der Waals surface area (Å²) in [4.78, 5) is 19.3. The average Bonchev–Trinajstić information content (AvgIpc) is 3.06. The molecule has 0 spiro atoms. The van der Waals surface area contributed by atoms with Crippen LogP contribution in [0.5, 0.6) is 0 Å². The number of sulfone groups is 1. The number of aliphatic carboxylic acids is 2. The number of carboxylic acids is 2. The normalized spacial score (nSPS) is 22.5. The zero-order chi connectivity index (χ0) is 22.7. The molecule has 12 nitrogen and oxygen atoms in total. The molecule has 0 bridgehead atoms. The number of aliphatic hydroxyl groups excluding tert-OH is 2. The van der Waals surface area contributed by atoms with Crippen molar-refractivity contribution in [3.05, 3.63) is 11.6 Å². The van der Waals surface area contributed by atoms with Crippen LogP contribution in [0.2, 0.25) is 0 Å². The van der Waals surface area contributed by atoms with Crippen LogP contribution in [0, 0.1) is 0 Å². The van der Waals surface area contributed by atoms with E-state index < -0.39 is 49.3 Å². The van der Waals surface area contributed by atoms with Crippen LogP contribution in [0.25, 0.3) is 0 Å². The highest BCUT2D eigenvalue weighted by Crippen LogP contribution is 2.42. The Kier molecular flexibility index (Phi) is 8.29. The van der Waals surface area contributed by atoms with E-state index in [-0.39, 0.29) is 14.5 Å². The Balaban J connectivity index is 0.000000359. The first-order valence-electron chi connectivity index (χ1n) is 8.06. The zero-order valence-corrected chi connectivity index (χ0v) is 17.7. The van der Waals surface area contributed by atoms with Gasteiger partial charge in [0.25, 0.3) is 0 Å². The van der Waals surface area contributed by atoms with Gasteiger partial charge in [-0.2, -0.15) is 0 Å². The summed E-state index contributed by atoms with van der Waals surface area (Å²) in [6.07, 6.45) is -4.45. The first kappa shape index (κ1) is 25.4. The van der Waals surface area contributed by atoms with Gasteiger partial charge in [0.2, 0.25) is 10.0 Å². The predicted molar refractivity (Wildman–Crippen MR) is 95.4 cm³/mol. The van der Waals surface area contributed by atoms with Gasteiger partial charge in [0, 0.05) is 11.6 Å². The van der Waals surface area contributed by atoms with Gasteiger partial charge in [-0.3, -0.25) is 0 Å². The lowest BCUT2D eigenvalue weighted by Gasteiger charge is -2.27. The molecule has 0 saturated carbocycles. The minimum Gasteiger partial charge on any atom is -0.547 e. The van der Waals surface area contributed by atoms with Gasteiger partial charge in [-0.15, -0.1) is 11.3 Å². The van der Waals surface area contributed by atoms with E-state index in [1.54, 1.807) is 6.92 Å². The van der Waals surface area contributed by atoms with Crippen molar-refractivity contribution < 1.29 is 46.9 Å². The van der Waals surface area contributed by atoms with Crippen molar-refractivity contribution in [2.24, 2.45) is 5.14 Å². The third kappa shape index (κ3) is 5.94. The van der Waals surface area contributed by atoms with E-state index >= 15 is 0 Å². The molecule has 1 aliphatic rings. The summed E-state index contributed by atoms with van der Waals surface area (Å²) in [5, 5.41) is 43.5. The van der Waals surface area contributed by atoms with Crippen LogP contribution in [-0.2, 0) is 29.4 Å². The summed E-state index contributed by atoms with van der Waals surface area (Å²) in [5.74, 6) is -4.12.